The van der Waals surface area contributed by atoms with E-state index < -0.39 is 5.41 Å². The van der Waals surface area contributed by atoms with Crippen molar-refractivity contribution in [2.45, 2.75) is 5.41 Å². The molecule has 1 aliphatic rings. The molecule has 1 aliphatic carbocycles. The predicted octanol–water partition coefficient (Wildman–Crippen LogP) is 13.0. The van der Waals surface area contributed by atoms with Gasteiger partial charge in [-0.1, -0.05) is 206 Å². The molecule has 10 rings (SSSR count). The fourth-order valence-electron chi connectivity index (χ4n) is 8.24. The number of hydrogen-bond donors (Lipinski definition) is 0. The second-order valence-electron chi connectivity index (χ2n) is 14.4. The van der Waals surface area contributed by atoms with E-state index >= 15 is 0 Å². The standard InChI is InChI=1S/C54H37N3/c1-5-18-38(19-6-1)51-55-52(39-20-7-2-8-21-39)57-53(56-51)45-27-17-25-43(36-45)41-23-15-22-40(34-41)42-24-16-26-44(35-42)49-37-54(46-28-9-3-10-29-46,47-30-11-4-12-31-47)50-33-14-13-32-48(49)50/h1-37H. The van der Waals surface area contributed by atoms with E-state index in [-0.39, 0.29) is 0 Å². The maximum Gasteiger partial charge on any atom is 0.164 e. The van der Waals surface area contributed by atoms with Gasteiger partial charge < -0.3 is 0 Å². The molecule has 8 aromatic carbocycles. The minimum absolute atomic E-state index is 0.405. The maximum atomic E-state index is 4.98. The van der Waals surface area contributed by atoms with Crippen LogP contribution in [0.3, 0.4) is 0 Å². The van der Waals surface area contributed by atoms with Gasteiger partial charge in [-0.05, 0) is 73.8 Å². The molecule has 0 spiro atoms. The molecule has 0 N–H and O–H groups in total. The Labute approximate surface area is 333 Å². The third-order valence-corrected chi connectivity index (χ3v) is 11.0. The van der Waals surface area contributed by atoms with Crippen LogP contribution in [0.4, 0.5) is 0 Å². The molecule has 0 unspecified atom stereocenters. The Bertz CT molecular complexity index is 2790. The van der Waals surface area contributed by atoms with E-state index in [0.29, 0.717) is 17.5 Å². The van der Waals surface area contributed by atoms with E-state index in [1.165, 1.54) is 39.0 Å². The zero-order chi connectivity index (χ0) is 38.0. The molecule has 9 aromatic rings. The Balaban J connectivity index is 1.03. The monoisotopic (exact) mass is 727 g/mol. The van der Waals surface area contributed by atoms with Gasteiger partial charge >= 0.3 is 0 Å². The van der Waals surface area contributed by atoms with Crippen molar-refractivity contribution < 1.29 is 0 Å². The second-order valence-corrected chi connectivity index (χ2v) is 14.4. The number of fused-ring (bicyclic) bond motifs is 1. The first-order valence-corrected chi connectivity index (χ1v) is 19.4. The van der Waals surface area contributed by atoms with Gasteiger partial charge in [0.1, 0.15) is 0 Å². The van der Waals surface area contributed by atoms with Crippen molar-refractivity contribution in [2.75, 3.05) is 0 Å². The molecular formula is C54H37N3. The summed E-state index contributed by atoms with van der Waals surface area (Å²) in [6.07, 6.45) is 2.48. The lowest BCUT2D eigenvalue weighted by molar-refractivity contribution is 0.794. The molecule has 0 bridgehead atoms. The molecule has 0 saturated carbocycles. The summed E-state index contributed by atoms with van der Waals surface area (Å²) in [5.74, 6) is 1.94. The van der Waals surface area contributed by atoms with E-state index in [9.17, 15) is 0 Å². The summed E-state index contributed by atoms with van der Waals surface area (Å²) in [6, 6.07) is 77.2. The fraction of sp³-hybridized carbons (Fsp3) is 0.0185. The van der Waals surface area contributed by atoms with Crippen LogP contribution in [0.5, 0.6) is 0 Å². The molecule has 3 nitrogen and oxygen atoms in total. The van der Waals surface area contributed by atoms with Crippen LogP contribution < -0.4 is 0 Å². The molecule has 0 atom stereocenters. The second kappa shape index (κ2) is 14.6. The molecule has 0 fully saturated rings. The first kappa shape index (κ1) is 34.0. The van der Waals surface area contributed by atoms with E-state index in [0.717, 1.165) is 33.4 Å². The normalized spacial score (nSPS) is 12.8. The number of rotatable bonds is 8. The van der Waals surface area contributed by atoms with Crippen molar-refractivity contribution in [3.8, 4) is 56.4 Å². The Morgan fingerprint density at radius 3 is 1.14 bits per heavy atom. The highest BCUT2D eigenvalue weighted by molar-refractivity contribution is 5.91. The van der Waals surface area contributed by atoms with Crippen molar-refractivity contribution >= 4 is 5.57 Å². The van der Waals surface area contributed by atoms with Gasteiger partial charge in [0.05, 0.1) is 5.41 Å². The zero-order valence-electron chi connectivity index (χ0n) is 31.2. The van der Waals surface area contributed by atoms with Crippen LogP contribution >= 0.6 is 0 Å². The average molecular weight is 728 g/mol. The Kier molecular flexibility index (Phi) is 8.74. The highest BCUT2D eigenvalue weighted by Crippen LogP contribution is 2.51. The van der Waals surface area contributed by atoms with Crippen LogP contribution in [0.25, 0.3) is 62.0 Å². The van der Waals surface area contributed by atoms with Crippen molar-refractivity contribution in [1.82, 2.24) is 15.0 Å². The number of allylic oxidation sites excluding steroid dienone is 1. The summed E-state index contributed by atoms with van der Waals surface area (Å²) >= 11 is 0. The van der Waals surface area contributed by atoms with Crippen molar-refractivity contribution in [3.05, 3.63) is 252 Å². The quantitative estimate of drug-likeness (QED) is 0.156. The molecule has 1 aromatic heterocycles. The SMILES string of the molecule is C1=C(c2cccc(-c3cccc(-c4cccc(-c5nc(-c6ccccc6)nc(-c6ccccc6)n5)c4)c3)c2)c2ccccc2C1(c1ccccc1)c1ccccc1. The van der Waals surface area contributed by atoms with Crippen LogP contribution in [0.15, 0.2) is 224 Å². The van der Waals surface area contributed by atoms with E-state index in [4.69, 9.17) is 15.0 Å². The lowest BCUT2D eigenvalue weighted by atomic mass is 9.71. The minimum Gasteiger partial charge on any atom is -0.208 e. The van der Waals surface area contributed by atoms with Crippen molar-refractivity contribution in [2.24, 2.45) is 0 Å². The minimum atomic E-state index is -0.405. The summed E-state index contributed by atoms with van der Waals surface area (Å²) in [5, 5.41) is 0. The van der Waals surface area contributed by atoms with Crippen molar-refractivity contribution in [1.29, 1.82) is 0 Å². The van der Waals surface area contributed by atoms with Gasteiger partial charge in [-0.15, -0.1) is 0 Å². The Hall–Kier alpha value is -7.49. The summed E-state index contributed by atoms with van der Waals surface area (Å²) in [5.41, 5.74) is 14.5. The number of benzene rings is 8. The van der Waals surface area contributed by atoms with E-state index in [1.807, 2.05) is 60.7 Å². The number of aromatic nitrogens is 3. The third-order valence-electron chi connectivity index (χ3n) is 11.0. The van der Waals surface area contributed by atoms with Crippen LogP contribution in [0.1, 0.15) is 27.8 Å². The van der Waals surface area contributed by atoms with Crippen LogP contribution in [0.2, 0.25) is 0 Å². The topological polar surface area (TPSA) is 38.7 Å². The van der Waals surface area contributed by atoms with Crippen LogP contribution in [0, 0.1) is 0 Å². The molecule has 0 radical (unpaired) electrons. The van der Waals surface area contributed by atoms with Gasteiger partial charge in [-0.25, -0.2) is 15.0 Å². The summed E-state index contributed by atoms with van der Waals surface area (Å²) in [7, 11) is 0. The number of nitrogens with zero attached hydrogens (tertiary/aromatic N) is 3. The molecule has 0 aliphatic heterocycles. The van der Waals surface area contributed by atoms with Gasteiger partial charge in [0.15, 0.2) is 17.5 Å². The number of hydrogen-bond acceptors (Lipinski definition) is 3. The molecular weight excluding hydrogens is 691 g/mol. The lowest BCUT2D eigenvalue weighted by Crippen LogP contribution is -2.25. The largest absolute Gasteiger partial charge is 0.208 e. The Morgan fingerprint density at radius 1 is 0.281 bits per heavy atom. The first-order valence-electron chi connectivity index (χ1n) is 19.4. The molecule has 3 heteroatoms. The van der Waals surface area contributed by atoms with Gasteiger partial charge in [-0.3, -0.25) is 0 Å². The summed E-state index contributed by atoms with van der Waals surface area (Å²) in [4.78, 5) is 14.9. The Morgan fingerprint density at radius 2 is 0.632 bits per heavy atom. The zero-order valence-corrected chi connectivity index (χ0v) is 31.2. The highest BCUT2D eigenvalue weighted by Gasteiger charge is 2.41. The molecule has 0 amide bonds. The predicted molar refractivity (Wildman–Crippen MR) is 233 cm³/mol. The van der Waals surface area contributed by atoms with Crippen LogP contribution in [-0.2, 0) is 5.41 Å². The van der Waals surface area contributed by atoms with Gasteiger partial charge in [0, 0.05) is 16.7 Å². The fourth-order valence-corrected chi connectivity index (χ4v) is 8.24. The van der Waals surface area contributed by atoms with Crippen molar-refractivity contribution in [3.63, 3.8) is 0 Å². The molecule has 0 saturated heterocycles. The molecule has 268 valence electrons. The van der Waals surface area contributed by atoms with E-state index in [1.54, 1.807) is 0 Å². The van der Waals surface area contributed by atoms with Gasteiger partial charge in [0.2, 0.25) is 0 Å². The summed E-state index contributed by atoms with van der Waals surface area (Å²) in [6.45, 7) is 0. The molecule has 57 heavy (non-hydrogen) atoms. The van der Waals surface area contributed by atoms with Gasteiger partial charge in [0.25, 0.3) is 0 Å². The highest BCUT2D eigenvalue weighted by atomic mass is 15.0. The smallest absolute Gasteiger partial charge is 0.164 e. The molecule has 1 heterocycles. The first-order chi connectivity index (χ1) is 28.2. The third kappa shape index (κ3) is 6.35. The van der Waals surface area contributed by atoms with Gasteiger partial charge in [-0.2, -0.15) is 0 Å². The lowest BCUT2D eigenvalue weighted by Gasteiger charge is -2.30. The summed E-state index contributed by atoms with van der Waals surface area (Å²) < 4.78 is 0. The van der Waals surface area contributed by atoms with Crippen LogP contribution in [-0.4, -0.2) is 15.0 Å². The maximum absolute atomic E-state index is 4.98. The average Bonchev–Trinajstić information content (AvgIpc) is 3.67. The van der Waals surface area contributed by atoms with E-state index in [2.05, 4.69) is 164 Å².